The largest absolute Gasteiger partial charge is 0.469 e. The van der Waals surface area contributed by atoms with E-state index in [-0.39, 0.29) is 12.0 Å². The van der Waals surface area contributed by atoms with Crippen LogP contribution in [0.1, 0.15) is 24.5 Å². The first-order valence-electron chi connectivity index (χ1n) is 5.52. The summed E-state index contributed by atoms with van der Waals surface area (Å²) in [6.45, 7) is 1.99. The molecule has 0 bridgehead atoms. The van der Waals surface area contributed by atoms with Crippen LogP contribution in [0.4, 0.5) is 0 Å². The number of esters is 1. The van der Waals surface area contributed by atoms with Gasteiger partial charge >= 0.3 is 5.97 Å². The minimum atomic E-state index is -0.169. The van der Waals surface area contributed by atoms with Gasteiger partial charge in [-0.1, -0.05) is 24.3 Å². The fourth-order valence-corrected chi connectivity index (χ4v) is 1.63. The van der Waals surface area contributed by atoms with E-state index in [0.717, 1.165) is 18.4 Å². The molecule has 1 aromatic rings. The van der Waals surface area contributed by atoms with Crippen LogP contribution < -0.4 is 5.73 Å². The SMILES string of the molecule is COC(=O)CCc1cccc(CC(C)N)c1. The number of methoxy groups -OCH3 is 1. The number of aryl methyl sites for hydroxylation is 1. The predicted octanol–water partition coefficient (Wildman–Crippen LogP) is 1.68. The molecule has 3 nitrogen and oxygen atoms in total. The zero-order chi connectivity index (χ0) is 12.0. The van der Waals surface area contributed by atoms with Gasteiger partial charge in [-0.05, 0) is 30.9 Å². The summed E-state index contributed by atoms with van der Waals surface area (Å²) in [6, 6.07) is 8.35. The zero-order valence-electron chi connectivity index (χ0n) is 9.90. The van der Waals surface area contributed by atoms with Crippen LogP contribution >= 0.6 is 0 Å². The second kappa shape index (κ2) is 6.28. The van der Waals surface area contributed by atoms with Crippen LogP contribution in [0, 0.1) is 0 Å². The first-order chi connectivity index (χ1) is 7.61. The van der Waals surface area contributed by atoms with E-state index in [1.807, 2.05) is 19.1 Å². The van der Waals surface area contributed by atoms with Gasteiger partial charge in [-0.15, -0.1) is 0 Å². The van der Waals surface area contributed by atoms with Gasteiger partial charge in [-0.3, -0.25) is 4.79 Å². The molecule has 3 heteroatoms. The highest BCUT2D eigenvalue weighted by Crippen LogP contribution is 2.09. The monoisotopic (exact) mass is 221 g/mol. The maximum absolute atomic E-state index is 11.0. The Labute approximate surface area is 96.6 Å². The van der Waals surface area contributed by atoms with Gasteiger partial charge in [0.25, 0.3) is 0 Å². The van der Waals surface area contributed by atoms with Crippen molar-refractivity contribution in [3.8, 4) is 0 Å². The van der Waals surface area contributed by atoms with E-state index in [1.165, 1.54) is 12.7 Å². The van der Waals surface area contributed by atoms with Gasteiger partial charge in [0.1, 0.15) is 0 Å². The number of ether oxygens (including phenoxy) is 1. The fourth-order valence-electron chi connectivity index (χ4n) is 1.63. The quantitative estimate of drug-likeness (QED) is 0.770. The second-order valence-electron chi connectivity index (χ2n) is 4.08. The molecule has 0 saturated heterocycles. The minimum Gasteiger partial charge on any atom is -0.469 e. The number of carbonyl (C=O) groups is 1. The molecule has 0 aliphatic carbocycles. The number of hydrogen-bond acceptors (Lipinski definition) is 3. The van der Waals surface area contributed by atoms with E-state index in [4.69, 9.17) is 5.73 Å². The van der Waals surface area contributed by atoms with E-state index in [1.54, 1.807) is 0 Å². The lowest BCUT2D eigenvalue weighted by atomic mass is 10.0. The predicted molar refractivity (Wildman–Crippen MR) is 64.1 cm³/mol. The highest BCUT2D eigenvalue weighted by molar-refractivity contribution is 5.69. The van der Waals surface area contributed by atoms with Gasteiger partial charge in [-0.25, -0.2) is 0 Å². The van der Waals surface area contributed by atoms with E-state index in [9.17, 15) is 4.79 Å². The van der Waals surface area contributed by atoms with E-state index in [0.29, 0.717) is 6.42 Å². The summed E-state index contributed by atoms with van der Waals surface area (Å²) >= 11 is 0. The average Bonchev–Trinajstić information content (AvgIpc) is 2.25. The molecule has 16 heavy (non-hydrogen) atoms. The average molecular weight is 221 g/mol. The van der Waals surface area contributed by atoms with Crippen molar-refractivity contribution < 1.29 is 9.53 Å². The highest BCUT2D eigenvalue weighted by Gasteiger charge is 2.03. The lowest BCUT2D eigenvalue weighted by Gasteiger charge is -2.07. The molecular weight excluding hydrogens is 202 g/mol. The summed E-state index contributed by atoms with van der Waals surface area (Å²) in [7, 11) is 1.41. The third kappa shape index (κ3) is 4.45. The maximum Gasteiger partial charge on any atom is 0.305 e. The Hall–Kier alpha value is -1.35. The van der Waals surface area contributed by atoms with Crippen molar-refractivity contribution in [3.63, 3.8) is 0 Å². The molecule has 0 amide bonds. The third-order valence-electron chi connectivity index (χ3n) is 2.39. The molecule has 0 aliphatic heterocycles. The summed E-state index contributed by atoms with van der Waals surface area (Å²) in [5, 5.41) is 0. The molecule has 0 saturated carbocycles. The maximum atomic E-state index is 11.0. The third-order valence-corrected chi connectivity index (χ3v) is 2.39. The summed E-state index contributed by atoms with van der Waals surface area (Å²) in [5.41, 5.74) is 8.12. The molecule has 0 fully saturated rings. The Morgan fingerprint density at radius 2 is 2.12 bits per heavy atom. The summed E-state index contributed by atoms with van der Waals surface area (Å²) in [6.07, 6.45) is 2.02. The van der Waals surface area contributed by atoms with Crippen LogP contribution in [0.5, 0.6) is 0 Å². The lowest BCUT2D eigenvalue weighted by molar-refractivity contribution is -0.140. The van der Waals surface area contributed by atoms with Crippen molar-refractivity contribution in [1.82, 2.24) is 0 Å². The van der Waals surface area contributed by atoms with Gasteiger partial charge in [0.15, 0.2) is 0 Å². The molecule has 0 aliphatic rings. The Kier molecular flexibility index (Phi) is 4.99. The highest BCUT2D eigenvalue weighted by atomic mass is 16.5. The standard InChI is InChI=1S/C13H19NO2/c1-10(14)8-12-5-3-4-11(9-12)6-7-13(15)16-2/h3-5,9-10H,6-8,14H2,1-2H3. The van der Waals surface area contributed by atoms with Crippen molar-refractivity contribution >= 4 is 5.97 Å². The molecule has 2 N–H and O–H groups in total. The molecule has 0 aromatic heterocycles. The van der Waals surface area contributed by atoms with Crippen molar-refractivity contribution in [2.45, 2.75) is 32.2 Å². The van der Waals surface area contributed by atoms with Gasteiger partial charge in [-0.2, -0.15) is 0 Å². The Morgan fingerprint density at radius 3 is 2.75 bits per heavy atom. The molecule has 0 radical (unpaired) electrons. The van der Waals surface area contributed by atoms with Crippen molar-refractivity contribution in [3.05, 3.63) is 35.4 Å². The Balaban J connectivity index is 2.56. The minimum absolute atomic E-state index is 0.163. The number of hydrogen-bond donors (Lipinski definition) is 1. The second-order valence-corrected chi connectivity index (χ2v) is 4.08. The molecule has 88 valence electrons. The fraction of sp³-hybridized carbons (Fsp3) is 0.462. The summed E-state index contributed by atoms with van der Waals surface area (Å²) < 4.78 is 4.61. The first-order valence-corrected chi connectivity index (χ1v) is 5.52. The van der Waals surface area contributed by atoms with E-state index < -0.39 is 0 Å². The Bertz CT molecular complexity index is 348. The summed E-state index contributed by atoms with van der Waals surface area (Å²) in [4.78, 5) is 11.0. The molecule has 0 heterocycles. The summed E-state index contributed by atoms with van der Waals surface area (Å²) in [5.74, 6) is -0.169. The normalized spacial score (nSPS) is 12.2. The Morgan fingerprint density at radius 1 is 1.44 bits per heavy atom. The van der Waals surface area contributed by atoms with Crippen LogP contribution in [-0.2, 0) is 22.4 Å². The van der Waals surface area contributed by atoms with Crippen LogP contribution in [0.2, 0.25) is 0 Å². The smallest absolute Gasteiger partial charge is 0.305 e. The number of rotatable bonds is 5. The lowest BCUT2D eigenvalue weighted by Crippen LogP contribution is -2.17. The van der Waals surface area contributed by atoms with Crippen LogP contribution in [-0.4, -0.2) is 19.1 Å². The topological polar surface area (TPSA) is 52.3 Å². The van der Waals surface area contributed by atoms with E-state index in [2.05, 4.69) is 16.9 Å². The van der Waals surface area contributed by atoms with Gasteiger partial charge in [0, 0.05) is 12.5 Å². The van der Waals surface area contributed by atoms with Crippen LogP contribution in [0.25, 0.3) is 0 Å². The van der Waals surface area contributed by atoms with Gasteiger partial charge in [0.2, 0.25) is 0 Å². The molecule has 1 rings (SSSR count). The number of benzene rings is 1. The van der Waals surface area contributed by atoms with Gasteiger partial charge in [0.05, 0.1) is 7.11 Å². The van der Waals surface area contributed by atoms with Crippen molar-refractivity contribution in [1.29, 1.82) is 0 Å². The molecule has 0 spiro atoms. The first kappa shape index (κ1) is 12.7. The molecule has 1 aromatic carbocycles. The van der Waals surface area contributed by atoms with Crippen LogP contribution in [0.15, 0.2) is 24.3 Å². The molecule has 1 unspecified atom stereocenters. The van der Waals surface area contributed by atoms with Gasteiger partial charge < -0.3 is 10.5 Å². The molecule has 1 atom stereocenters. The zero-order valence-corrected chi connectivity index (χ0v) is 9.90. The van der Waals surface area contributed by atoms with Crippen LogP contribution in [0.3, 0.4) is 0 Å². The van der Waals surface area contributed by atoms with E-state index >= 15 is 0 Å². The van der Waals surface area contributed by atoms with Crippen molar-refractivity contribution in [2.75, 3.05) is 7.11 Å². The number of nitrogens with two attached hydrogens (primary N) is 1. The molecular formula is C13H19NO2. The number of carbonyl (C=O) groups excluding carboxylic acids is 1. The van der Waals surface area contributed by atoms with Crippen molar-refractivity contribution in [2.24, 2.45) is 5.73 Å².